The van der Waals surface area contributed by atoms with Crippen molar-refractivity contribution < 1.29 is 29.4 Å². The first kappa shape index (κ1) is 26.4. The normalized spacial score (nSPS) is 19.1. The number of amides is 2. The number of aliphatic carboxylic acids is 2. The van der Waals surface area contributed by atoms with E-state index in [1.165, 1.54) is 0 Å². The van der Waals surface area contributed by atoms with Crippen molar-refractivity contribution in [3.05, 3.63) is 29.3 Å². The average Bonchev–Trinajstić information content (AvgIpc) is 2.68. The van der Waals surface area contributed by atoms with Crippen molar-refractivity contribution >= 4 is 41.0 Å². The molecule has 1 aromatic rings. The zero-order valence-corrected chi connectivity index (χ0v) is 18.9. The number of benzene rings is 1. The lowest BCUT2D eigenvalue weighted by atomic mass is 9.91. The maximum atomic E-state index is 12.7. The van der Waals surface area contributed by atoms with Crippen LogP contribution in [0.3, 0.4) is 0 Å². The Morgan fingerprint density at radius 2 is 1.58 bits per heavy atom. The topological polar surface area (TPSA) is 127 Å². The van der Waals surface area contributed by atoms with Gasteiger partial charge in [-0.05, 0) is 56.5 Å². The van der Waals surface area contributed by atoms with Gasteiger partial charge in [-0.3, -0.25) is 14.5 Å². The maximum absolute atomic E-state index is 12.7. The molecule has 0 spiro atoms. The second-order valence-corrected chi connectivity index (χ2v) is 8.38. The van der Waals surface area contributed by atoms with Crippen LogP contribution in [0, 0.1) is 11.8 Å². The minimum absolute atomic E-state index is 0.0974. The third-order valence-electron chi connectivity index (χ3n) is 4.90. The summed E-state index contributed by atoms with van der Waals surface area (Å²) in [7, 11) is 1.81. The molecule has 3 N–H and O–H groups in total. The quantitative estimate of drug-likeness (QED) is 0.581. The molecule has 1 aromatic carbocycles. The van der Waals surface area contributed by atoms with Gasteiger partial charge >= 0.3 is 11.9 Å². The number of nitrogens with one attached hydrogen (secondary N) is 1. The number of carboxylic acid groups (broad SMARTS) is 2. The summed E-state index contributed by atoms with van der Waals surface area (Å²) in [6.45, 7) is 8.00. The molecule has 1 heterocycles. The predicted molar refractivity (Wildman–Crippen MR) is 117 cm³/mol. The zero-order valence-electron chi connectivity index (χ0n) is 18.2. The van der Waals surface area contributed by atoms with Gasteiger partial charge in [0.25, 0.3) is 0 Å². The van der Waals surface area contributed by atoms with Crippen molar-refractivity contribution in [2.24, 2.45) is 11.8 Å². The molecule has 2 amide bonds. The number of anilines is 1. The van der Waals surface area contributed by atoms with Crippen LogP contribution in [0.1, 0.15) is 27.2 Å². The van der Waals surface area contributed by atoms with Gasteiger partial charge in [0.05, 0.1) is 12.6 Å². The van der Waals surface area contributed by atoms with E-state index in [1.807, 2.05) is 11.8 Å². The first-order chi connectivity index (χ1) is 14.4. The minimum atomic E-state index is -1.82. The predicted octanol–water partition coefficient (Wildman–Crippen LogP) is 2.26. The van der Waals surface area contributed by atoms with Crippen LogP contribution in [0.15, 0.2) is 24.3 Å². The first-order valence-corrected chi connectivity index (χ1v) is 10.3. The number of hydrogen-bond acceptors (Lipinski definition) is 5. The fourth-order valence-corrected chi connectivity index (χ4v) is 3.52. The monoisotopic (exact) mass is 455 g/mol. The molecule has 0 aliphatic carbocycles. The summed E-state index contributed by atoms with van der Waals surface area (Å²) >= 11 is 5.84. The Bertz CT molecular complexity index is 764. The highest BCUT2D eigenvalue weighted by Gasteiger charge is 2.30. The highest BCUT2D eigenvalue weighted by atomic mass is 35.5. The van der Waals surface area contributed by atoms with E-state index >= 15 is 0 Å². The number of piperidine rings is 1. The Labute approximate surface area is 187 Å². The van der Waals surface area contributed by atoms with Gasteiger partial charge in [-0.2, -0.15) is 0 Å². The second-order valence-electron chi connectivity index (χ2n) is 7.95. The molecule has 0 radical (unpaired) electrons. The van der Waals surface area contributed by atoms with E-state index in [0.29, 0.717) is 22.5 Å². The number of carboxylic acids is 2. The molecule has 1 fully saturated rings. The van der Waals surface area contributed by atoms with Crippen molar-refractivity contribution in [3.63, 3.8) is 0 Å². The van der Waals surface area contributed by atoms with Gasteiger partial charge in [-0.25, -0.2) is 9.59 Å². The van der Waals surface area contributed by atoms with Crippen LogP contribution in [0.4, 0.5) is 5.69 Å². The number of carbonyl (C=O) groups excluding carboxylic acids is 2. The smallest absolute Gasteiger partial charge is 0.414 e. The summed E-state index contributed by atoms with van der Waals surface area (Å²) in [5.74, 6) is -2.65. The third-order valence-corrected chi connectivity index (χ3v) is 5.15. The molecular formula is C21H30ClN3O6. The fraction of sp³-hybridized carbons (Fsp3) is 0.524. The molecule has 1 saturated heterocycles. The van der Waals surface area contributed by atoms with E-state index in [1.54, 1.807) is 36.2 Å². The van der Waals surface area contributed by atoms with Gasteiger partial charge in [0.15, 0.2) is 0 Å². The van der Waals surface area contributed by atoms with Gasteiger partial charge < -0.3 is 20.4 Å². The van der Waals surface area contributed by atoms with E-state index in [2.05, 4.69) is 19.2 Å². The number of hydrogen-bond donors (Lipinski definition) is 3. The third kappa shape index (κ3) is 9.35. The van der Waals surface area contributed by atoms with Crippen LogP contribution in [-0.2, 0) is 19.2 Å². The molecule has 0 saturated carbocycles. The van der Waals surface area contributed by atoms with Crippen molar-refractivity contribution in [2.75, 3.05) is 32.0 Å². The Morgan fingerprint density at radius 3 is 2.03 bits per heavy atom. The van der Waals surface area contributed by atoms with E-state index in [0.717, 1.165) is 19.5 Å². The highest BCUT2D eigenvalue weighted by molar-refractivity contribution is 6.30. The van der Waals surface area contributed by atoms with Crippen LogP contribution in [0.5, 0.6) is 0 Å². The summed E-state index contributed by atoms with van der Waals surface area (Å²) < 4.78 is 0. The lowest BCUT2D eigenvalue weighted by molar-refractivity contribution is -0.159. The molecule has 2 rings (SSSR count). The largest absolute Gasteiger partial charge is 0.473 e. The number of rotatable bonds is 5. The Kier molecular flexibility index (Phi) is 10.4. The average molecular weight is 456 g/mol. The fourth-order valence-electron chi connectivity index (χ4n) is 3.39. The molecule has 31 heavy (non-hydrogen) atoms. The zero-order chi connectivity index (χ0) is 23.7. The van der Waals surface area contributed by atoms with Crippen LogP contribution in [0.25, 0.3) is 0 Å². The molecular weight excluding hydrogens is 426 g/mol. The van der Waals surface area contributed by atoms with Gasteiger partial charge in [0, 0.05) is 23.8 Å². The molecule has 0 aromatic heterocycles. The Balaban J connectivity index is 0.000000703. The summed E-state index contributed by atoms with van der Waals surface area (Å²) in [5.41, 5.74) is 0.695. The van der Waals surface area contributed by atoms with Crippen LogP contribution < -0.4 is 5.32 Å². The van der Waals surface area contributed by atoms with Gasteiger partial charge in [0.1, 0.15) is 0 Å². The standard InChI is InChI=1S/C19H28ClN3O2.C2H2O4/c1-13-9-14(2)11-23(10-13)19(25)15(3)22(4)12-18(24)21-17-7-5-16(20)6-8-17;3-1(4)2(5)6/h5-8,13-15H,9-12H2,1-4H3,(H,21,24);(H,3,4)(H,5,6). The Hall–Kier alpha value is -2.65. The van der Waals surface area contributed by atoms with Gasteiger partial charge in [0.2, 0.25) is 11.8 Å². The van der Waals surface area contributed by atoms with E-state index in [4.69, 9.17) is 31.4 Å². The summed E-state index contributed by atoms with van der Waals surface area (Å²) in [4.78, 5) is 46.9. The number of likely N-dealkylation sites (N-methyl/N-ethyl adjacent to an activating group) is 1. The molecule has 3 atom stereocenters. The Morgan fingerprint density at radius 1 is 1.10 bits per heavy atom. The van der Waals surface area contributed by atoms with Crippen molar-refractivity contribution in [1.82, 2.24) is 9.80 Å². The maximum Gasteiger partial charge on any atom is 0.414 e. The van der Waals surface area contributed by atoms with E-state index < -0.39 is 11.9 Å². The highest BCUT2D eigenvalue weighted by Crippen LogP contribution is 2.22. The van der Waals surface area contributed by atoms with Crippen LogP contribution >= 0.6 is 11.6 Å². The van der Waals surface area contributed by atoms with Gasteiger partial charge in [-0.1, -0.05) is 25.4 Å². The van der Waals surface area contributed by atoms with Gasteiger partial charge in [-0.15, -0.1) is 0 Å². The van der Waals surface area contributed by atoms with Crippen LogP contribution in [0.2, 0.25) is 5.02 Å². The second kappa shape index (κ2) is 12.3. The summed E-state index contributed by atoms with van der Waals surface area (Å²) in [6, 6.07) is 6.64. The molecule has 10 heteroatoms. The molecule has 0 bridgehead atoms. The summed E-state index contributed by atoms with van der Waals surface area (Å²) in [6.07, 6.45) is 1.16. The van der Waals surface area contributed by atoms with E-state index in [-0.39, 0.29) is 24.4 Å². The molecule has 1 aliphatic heterocycles. The lowest BCUT2D eigenvalue weighted by Gasteiger charge is -2.38. The van der Waals surface area contributed by atoms with Crippen LogP contribution in [-0.4, -0.2) is 76.5 Å². The van der Waals surface area contributed by atoms with Crippen molar-refractivity contribution in [2.45, 2.75) is 33.2 Å². The number of halogens is 1. The van der Waals surface area contributed by atoms with Crippen molar-refractivity contribution in [1.29, 1.82) is 0 Å². The molecule has 9 nitrogen and oxygen atoms in total. The minimum Gasteiger partial charge on any atom is -0.473 e. The lowest BCUT2D eigenvalue weighted by Crippen LogP contribution is -2.51. The number of nitrogens with zero attached hydrogens (tertiary/aromatic N) is 2. The summed E-state index contributed by atoms with van der Waals surface area (Å²) in [5, 5.41) is 18.2. The first-order valence-electron chi connectivity index (χ1n) is 9.91. The molecule has 1 aliphatic rings. The SMILES string of the molecule is CC1CC(C)CN(C(=O)C(C)N(C)CC(=O)Nc2ccc(Cl)cc2)C1.O=C(O)C(=O)O. The van der Waals surface area contributed by atoms with E-state index in [9.17, 15) is 9.59 Å². The molecule has 172 valence electrons. The number of carbonyl (C=O) groups is 4. The number of likely N-dealkylation sites (tertiary alicyclic amines) is 1. The molecule has 3 unspecified atom stereocenters. The van der Waals surface area contributed by atoms with Crippen molar-refractivity contribution in [3.8, 4) is 0 Å².